The Morgan fingerprint density at radius 1 is 1.16 bits per heavy atom. The lowest BCUT2D eigenvalue weighted by molar-refractivity contribution is -0.112. The van der Waals surface area contributed by atoms with Crippen LogP contribution in [-0.4, -0.2) is 71.6 Å². The molecule has 11 nitrogen and oxygen atoms in total. The highest BCUT2D eigenvalue weighted by Crippen LogP contribution is 2.42. The number of aliphatic hydroxyl groups excluding tert-OH is 1. The number of phenols is 3. The minimum atomic E-state index is -1.01. The molecule has 38 heavy (non-hydrogen) atoms. The summed E-state index contributed by atoms with van der Waals surface area (Å²) in [5.74, 6) is -2.33. The van der Waals surface area contributed by atoms with Gasteiger partial charge in [0.1, 0.15) is 11.9 Å². The van der Waals surface area contributed by atoms with Gasteiger partial charge in [0.25, 0.3) is 5.91 Å². The zero-order chi connectivity index (χ0) is 29.0. The Morgan fingerprint density at radius 3 is 2.37 bits per heavy atom. The number of benzene rings is 1. The summed E-state index contributed by atoms with van der Waals surface area (Å²) in [5, 5.41) is 42.9. The maximum absolute atomic E-state index is 12.7. The normalized spacial score (nSPS) is 15.9. The molecule has 0 aliphatic rings. The van der Waals surface area contributed by atoms with Crippen LogP contribution >= 0.6 is 0 Å². The minimum Gasteiger partial charge on any atom is -0.505 e. The van der Waals surface area contributed by atoms with Crippen molar-refractivity contribution in [3.05, 3.63) is 53.2 Å². The fraction of sp³-hybridized carbons (Fsp3) is 0.407. The van der Waals surface area contributed by atoms with Gasteiger partial charge in [-0.05, 0) is 26.3 Å². The van der Waals surface area contributed by atoms with Crippen molar-refractivity contribution in [2.75, 3.05) is 26.1 Å². The second-order valence-electron chi connectivity index (χ2n) is 8.59. The van der Waals surface area contributed by atoms with Crippen molar-refractivity contribution in [3.63, 3.8) is 0 Å². The molecule has 11 heteroatoms. The highest BCUT2D eigenvalue weighted by Gasteiger charge is 2.25. The molecule has 1 aromatic rings. The predicted molar refractivity (Wildman–Crippen MR) is 144 cm³/mol. The van der Waals surface area contributed by atoms with Gasteiger partial charge in [-0.15, -0.1) is 0 Å². The molecule has 0 fully saturated rings. The molecule has 7 N–H and O–H groups in total. The maximum Gasteiger partial charge on any atom is 0.405 e. The van der Waals surface area contributed by atoms with Gasteiger partial charge in [-0.3, -0.25) is 4.79 Å². The lowest BCUT2D eigenvalue weighted by atomic mass is 9.97. The van der Waals surface area contributed by atoms with Crippen LogP contribution in [-0.2, 0) is 19.0 Å². The van der Waals surface area contributed by atoms with E-state index in [-0.39, 0.29) is 29.3 Å². The summed E-state index contributed by atoms with van der Waals surface area (Å²) >= 11 is 0. The third-order valence-corrected chi connectivity index (χ3v) is 5.61. The summed E-state index contributed by atoms with van der Waals surface area (Å²) in [7, 11) is 2.89. The van der Waals surface area contributed by atoms with Crippen LogP contribution in [0.15, 0.2) is 47.6 Å². The highest BCUT2D eigenvalue weighted by molar-refractivity contribution is 6.05. The van der Waals surface area contributed by atoms with Crippen LogP contribution in [0.5, 0.6) is 17.2 Å². The quantitative estimate of drug-likeness (QED) is 0.0727. The molecule has 0 aliphatic heterocycles. The van der Waals surface area contributed by atoms with E-state index in [1.165, 1.54) is 39.4 Å². The van der Waals surface area contributed by atoms with E-state index >= 15 is 0 Å². The van der Waals surface area contributed by atoms with Crippen molar-refractivity contribution < 1.29 is 44.2 Å². The van der Waals surface area contributed by atoms with Crippen molar-refractivity contribution >= 4 is 23.8 Å². The van der Waals surface area contributed by atoms with Gasteiger partial charge in [0, 0.05) is 31.8 Å². The molecular formula is C27H38N2O9. The maximum atomic E-state index is 12.7. The molecule has 0 spiro atoms. The number of methoxy groups -OCH3 is 2. The van der Waals surface area contributed by atoms with Crippen molar-refractivity contribution in [2.45, 2.75) is 46.0 Å². The third kappa shape index (κ3) is 9.25. The average Bonchev–Trinajstić information content (AvgIpc) is 2.86. The number of aliphatic hydroxyl groups is 1. The van der Waals surface area contributed by atoms with Gasteiger partial charge in [0.2, 0.25) is 0 Å². The fourth-order valence-corrected chi connectivity index (χ4v) is 3.48. The minimum absolute atomic E-state index is 0.0414. The summed E-state index contributed by atoms with van der Waals surface area (Å²) in [5.41, 5.74) is 5.93. The zero-order valence-corrected chi connectivity index (χ0v) is 22.5. The van der Waals surface area contributed by atoms with Gasteiger partial charge in [0.15, 0.2) is 17.6 Å². The number of ether oxygens (including phenoxy) is 3. The Labute approximate surface area is 222 Å². The van der Waals surface area contributed by atoms with Crippen LogP contribution in [0.2, 0.25) is 0 Å². The molecule has 0 saturated carbocycles. The molecule has 0 aromatic heterocycles. The van der Waals surface area contributed by atoms with E-state index in [0.717, 1.165) is 6.07 Å². The number of primary amides is 1. The molecule has 1 aromatic carbocycles. The molecule has 0 radical (unpaired) electrons. The molecule has 0 bridgehead atoms. The Hall–Kier alpha value is -3.80. The average molecular weight is 535 g/mol. The van der Waals surface area contributed by atoms with Crippen LogP contribution < -0.4 is 11.1 Å². The highest BCUT2D eigenvalue weighted by atomic mass is 16.6. The first-order valence-electron chi connectivity index (χ1n) is 11.8. The molecule has 4 atom stereocenters. The van der Waals surface area contributed by atoms with Crippen LogP contribution in [0.1, 0.15) is 33.3 Å². The van der Waals surface area contributed by atoms with E-state index in [2.05, 4.69) is 5.32 Å². The second kappa shape index (κ2) is 15.5. The summed E-state index contributed by atoms with van der Waals surface area (Å²) < 4.78 is 15.7. The second-order valence-corrected chi connectivity index (χ2v) is 8.59. The van der Waals surface area contributed by atoms with Gasteiger partial charge in [-0.25, -0.2) is 4.79 Å². The molecule has 0 unspecified atom stereocenters. The van der Waals surface area contributed by atoms with Gasteiger partial charge < -0.3 is 45.7 Å². The van der Waals surface area contributed by atoms with Crippen molar-refractivity contribution in [3.8, 4) is 17.2 Å². The number of carbonyl (C=O) groups excluding carboxylic acids is 2. The van der Waals surface area contributed by atoms with E-state index in [0.29, 0.717) is 5.57 Å². The third-order valence-electron chi connectivity index (χ3n) is 5.61. The molecule has 210 valence electrons. The first-order chi connectivity index (χ1) is 17.9. The number of carbonyl (C=O) groups is 2. The number of anilines is 1. The number of amides is 2. The Kier molecular flexibility index (Phi) is 13.1. The lowest BCUT2D eigenvalue weighted by Crippen LogP contribution is -2.35. The predicted octanol–water partition coefficient (Wildman–Crippen LogP) is 3.35. The van der Waals surface area contributed by atoms with Crippen LogP contribution in [0.3, 0.4) is 0 Å². The number of phenolic OH excluding ortho intramolecular Hbond substituents is 3. The Morgan fingerprint density at radius 2 is 1.82 bits per heavy atom. The lowest BCUT2D eigenvalue weighted by Gasteiger charge is -2.25. The molecule has 0 aliphatic carbocycles. The standard InChI is InChI=1S/C27H38N2O9/c1-7-9-18-23(32)19(13-20(30)24(18)33)29-26(34)15(2)10-8-11-22(37-6)25(38-27(28)35)17(4)12-16(3)21(31)14-36-5/h7-13,16,21-22,25,30-33H,14H2,1-6H3,(H2,28,35)(H,29,34)/t16-,21-,22-,25-/m0/s1. The number of hydrogen-bond donors (Lipinski definition) is 6. The summed E-state index contributed by atoms with van der Waals surface area (Å²) in [6, 6.07) is 1.03. The van der Waals surface area contributed by atoms with Gasteiger partial charge in [0.05, 0.1) is 24.0 Å². The number of nitrogens with one attached hydrogen (secondary N) is 1. The van der Waals surface area contributed by atoms with Crippen molar-refractivity contribution in [2.24, 2.45) is 11.7 Å². The molecule has 2 amide bonds. The van der Waals surface area contributed by atoms with Gasteiger partial charge in [-0.2, -0.15) is 0 Å². The monoisotopic (exact) mass is 534 g/mol. The summed E-state index contributed by atoms with van der Waals surface area (Å²) in [6.45, 7) is 6.80. The number of rotatable bonds is 13. The Bertz CT molecular complexity index is 1090. The van der Waals surface area contributed by atoms with E-state index in [1.807, 2.05) is 0 Å². The number of allylic oxidation sites excluding steroid dienone is 3. The smallest absolute Gasteiger partial charge is 0.405 e. The van der Waals surface area contributed by atoms with Gasteiger partial charge in [-0.1, -0.05) is 43.4 Å². The van der Waals surface area contributed by atoms with Crippen molar-refractivity contribution in [1.29, 1.82) is 0 Å². The summed E-state index contributed by atoms with van der Waals surface area (Å²) in [4.78, 5) is 24.2. The molecule has 0 heterocycles. The van der Waals surface area contributed by atoms with E-state index in [4.69, 9.17) is 19.9 Å². The van der Waals surface area contributed by atoms with Crippen LogP contribution in [0.4, 0.5) is 10.5 Å². The SMILES string of the molecule is CC=Cc1c(O)c(O)cc(NC(=O)C(C)=CC=C[C@H](OC)[C@@H](OC(N)=O)C(C)=C[C@H](C)[C@@H](O)COC)c1O. The van der Waals surface area contributed by atoms with E-state index < -0.39 is 47.6 Å². The Balaban J connectivity index is 3.13. The van der Waals surface area contributed by atoms with E-state index in [9.17, 15) is 30.0 Å². The first kappa shape index (κ1) is 32.2. The van der Waals surface area contributed by atoms with Crippen LogP contribution in [0.25, 0.3) is 6.08 Å². The largest absolute Gasteiger partial charge is 0.505 e. The van der Waals surface area contributed by atoms with Gasteiger partial charge >= 0.3 is 6.09 Å². The molecule has 0 saturated heterocycles. The fourth-order valence-electron chi connectivity index (χ4n) is 3.48. The first-order valence-corrected chi connectivity index (χ1v) is 11.8. The molecule has 1 rings (SSSR count). The zero-order valence-electron chi connectivity index (χ0n) is 22.5. The molecular weight excluding hydrogens is 496 g/mol. The van der Waals surface area contributed by atoms with E-state index in [1.54, 1.807) is 39.0 Å². The van der Waals surface area contributed by atoms with Crippen LogP contribution in [0, 0.1) is 5.92 Å². The topological polar surface area (TPSA) is 181 Å². The number of nitrogens with two attached hydrogens (primary N) is 1. The number of aromatic hydroxyl groups is 3. The number of hydrogen-bond acceptors (Lipinski definition) is 9. The van der Waals surface area contributed by atoms with Crippen molar-refractivity contribution in [1.82, 2.24) is 0 Å². The summed E-state index contributed by atoms with van der Waals surface area (Å²) in [6.07, 6.45) is 5.76.